The van der Waals surface area contributed by atoms with Crippen molar-refractivity contribution in [2.24, 2.45) is 11.8 Å². The van der Waals surface area contributed by atoms with Gasteiger partial charge < -0.3 is 4.57 Å². The molecule has 1 aromatic heterocycles. The highest BCUT2D eigenvalue weighted by Crippen LogP contribution is 2.41. The summed E-state index contributed by atoms with van der Waals surface area (Å²) in [7, 11) is 0. The monoisotopic (exact) mass is 308 g/mol. The van der Waals surface area contributed by atoms with Crippen LogP contribution in [0.5, 0.6) is 0 Å². The van der Waals surface area contributed by atoms with Crippen LogP contribution in [0.1, 0.15) is 57.3 Å². The zero-order valence-corrected chi connectivity index (χ0v) is 13.6. The highest BCUT2D eigenvalue weighted by atomic mass is 35.5. The Labute approximate surface area is 130 Å². The molecule has 114 valence electrons. The Bertz CT molecular complexity index is 650. The smallest absolute Gasteiger partial charge is 0.127 e. The van der Waals surface area contributed by atoms with E-state index in [2.05, 4.69) is 23.4 Å². The molecule has 1 fully saturated rings. The number of alkyl halides is 1. The molecule has 3 rings (SSSR count). The minimum Gasteiger partial charge on any atom is -0.323 e. The van der Waals surface area contributed by atoms with Crippen molar-refractivity contribution >= 4 is 22.6 Å². The first-order valence-electron chi connectivity index (χ1n) is 7.80. The van der Waals surface area contributed by atoms with Crippen LogP contribution in [0.2, 0.25) is 0 Å². The molecular weight excluding hydrogens is 287 g/mol. The van der Waals surface area contributed by atoms with E-state index in [-0.39, 0.29) is 11.2 Å². The predicted octanol–water partition coefficient (Wildman–Crippen LogP) is 5.47. The van der Waals surface area contributed by atoms with Gasteiger partial charge in [-0.1, -0.05) is 26.7 Å². The summed E-state index contributed by atoms with van der Waals surface area (Å²) in [5, 5.41) is -0.176. The van der Waals surface area contributed by atoms with Gasteiger partial charge in [0.05, 0.1) is 16.4 Å². The number of halogens is 2. The van der Waals surface area contributed by atoms with Crippen LogP contribution in [0.15, 0.2) is 18.2 Å². The van der Waals surface area contributed by atoms with Crippen molar-refractivity contribution in [2.75, 3.05) is 0 Å². The summed E-state index contributed by atoms with van der Waals surface area (Å²) in [6.45, 7) is 6.57. The molecule has 4 unspecified atom stereocenters. The third-order valence-electron chi connectivity index (χ3n) is 5.03. The summed E-state index contributed by atoms with van der Waals surface area (Å²) in [6.07, 6.45) is 3.66. The Hall–Kier alpha value is -1.09. The normalized spacial score (nSPS) is 28.0. The van der Waals surface area contributed by atoms with E-state index in [9.17, 15) is 4.39 Å². The fourth-order valence-corrected chi connectivity index (χ4v) is 3.79. The number of nitrogens with zero attached hydrogens (tertiary/aromatic N) is 2. The van der Waals surface area contributed by atoms with E-state index in [1.165, 1.54) is 25.0 Å². The zero-order valence-electron chi connectivity index (χ0n) is 12.8. The molecule has 0 spiro atoms. The summed E-state index contributed by atoms with van der Waals surface area (Å²) in [5.41, 5.74) is 1.72. The molecule has 1 heterocycles. The van der Waals surface area contributed by atoms with Gasteiger partial charge in [-0.05, 0) is 37.3 Å². The summed E-state index contributed by atoms with van der Waals surface area (Å²) in [4.78, 5) is 4.60. The van der Waals surface area contributed by atoms with Gasteiger partial charge in [0.15, 0.2) is 0 Å². The summed E-state index contributed by atoms with van der Waals surface area (Å²) < 4.78 is 15.7. The first-order valence-corrected chi connectivity index (χ1v) is 8.24. The second-order valence-corrected chi connectivity index (χ2v) is 7.08. The first kappa shape index (κ1) is 14.8. The lowest BCUT2D eigenvalue weighted by Gasteiger charge is -2.36. The number of hydrogen-bond donors (Lipinski definition) is 0. The molecule has 0 amide bonds. The molecule has 1 aliphatic rings. The van der Waals surface area contributed by atoms with Crippen molar-refractivity contribution in [3.63, 3.8) is 0 Å². The number of aromatic nitrogens is 2. The van der Waals surface area contributed by atoms with Gasteiger partial charge in [-0.3, -0.25) is 0 Å². The Balaban J connectivity index is 2.17. The van der Waals surface area contributed by atoms with E-state index in [0.717, 1.165) is 17.8 Å². The Kier molecular flexibility index (Phi) is 3.96. The molecule has 2 aromatic rings. The number of rotatable bonds is 2. The van der Waals surface area contributed by atoms with Gasteiger partial charge in [0.2, 0.25) is 0 Å². The van der Waals surface area contributed by atoms with Crippen molar-refractivity contribution < 1.29 is 4.39 Å². The van der Waals surface area contributed by atoms with Gasteiger partial charge in [-0.15, -0.1) is 11.6 Å². The molecule has 0 saturated heterocycles. The standard InChI is InChI=1S/C17H22ClFN2/c1-10-5-4-6-15(11(10)2)21-16-8-7-13(19)9-14(16)20-17(21)12(3)18/h7-12,15H,4-6H2,1-3H3. The average molecular weight is 309 g/mol. The Morgan fingerprint density at radius 1 is 1.33 bits per heavy atom. The van der Waals surface area contributed by atoms with Crippen LogP contribution >= 0.6 is 11.6 Å². The maximum absolute atomic E-state index is 13.5. The second-order valence-electron chi connectivity index (χ2n) is 6.42. The van der Waals surface area contributed by atoms with Crippen LogP contribution in [0.4, 0.5) is 4.39 Å². The minimum atomic E-state index is -0.244. The van der Waals surface area contributed by atoms with E-state index in [1.54, 1.807) is 0 Å². The molecule has 0 bridgehead atoms. The summed E-state index contributed by atoms with van der Waals surface area (Å²) in [5.74, 6) is 1.89. The highest BCUT2D eigenvalue weighted by Gasteiger charge is 2.31. The van der Waals surface area contributed by atoms with E-state index < -0.39 is 0 Å². The van der Waals surface area contributed by atoms with E-state index in [4.69, 9.17) is 11.6 Å². The number of hydrogen-bond acceptors (Lipinski definition) is 1. The maximum atomic E-state index is 13.5. The average Bonchev–Trinajstić information content (AvgIpc) is 2.80. The van der Waals surface area contributed by atoms with Gasteiger partial charge in [-0.2, -0.15) is 0 Å². The zero-order chi connectivity index (χ0) is 15.1. The molecule has 0 aliphatic heterocycles. The van der Waals surface area contributed by atoms with Crippen LogP contribution in [0.25, 0.3) is 11.0 Å². The van der Waals surface area contributed by atoms with Crippen molar-refractivity contribution in [3.05, 3.63) is 29.8 Å². The largest absolute Gasteiger partial charge is 0.323 e. The SMILES string of the molecule is CC(Cl)c1nc2cc(F)ccc2n1C1CCCC(C)C1C. The van der Waals surface area contributed by atoms with E-state index in [1.807, 2.05) is 13.0 Å². The van der Waals surface area contributed by atoms with Gasteiger partial charge in [0.1, 0.15) is 11.6 Å². The van der Waals surface area contributed by atoms with E-state index in [0.29, 0.717) is 23.4 Å². The topological polar surface area (TPSA) is 17.8 Å². The number of benzene rings is 1. The van der Waals surface area contributed by atoms with Crippen molar-refractivity contribution in [1.82, 2.24) is 9.55 Å². The lowest BCUT2D eigenvalue weighted by molar-refractivity contribution is 0.186. The lowest BCUT2D eigenvalue weighted by Crippen LogP contribution is -2.28. The van der Waals surface area contributed by atoms with Gasteiger partial charge in [0, 0.05) is 12.1 Å². The van der Waals surface area contributed by atoms with Gasteiger partial charge in [0.25, 0.3) is 0 Å². The maximum Gasteiger partial charge on any atom is 0.127 e. The van der Waals surface area contributed by atoms with Crippen LogP contribution in [0, 0.1) is 17.7 Å². The van der Waals surface area contributed by atoms with Crippen LogP contribution < -0.4 is 0 Å². The molecular formula is C17H22ClFN2. The van der Waals surface area contributed by atoms with Crippen molar-refractivity contribution in [3.8, 4) is 0 Å². The molecule has 0 radical (unpaired) electrons. The van der Waals surface area contributed by atoms with Crippen LogP contribution in [-0.4, -0.2) is 9.55 Å². The molecule has 1 aromatic carbocycles. The molecule has 4 heteroatoms. The summed E-state index contributed by atoms with van der Waals surface area (Å²) in [6, 6.07) is 5.26. The molecule has 1 saturated carbocycles. The third kappa shape index (κ3) is 2.57. The van der Waals surface area contributed by atoms with E-state index >= 15 is 0 Å². The molecule has 21 heavy (non-hydrogen) atoms. The van der Waals surface area contributed by atoms with Gasteiger partial charge >= 0.3 is 0 Å². The molecule has 1 aliphatic carbocycles. The molecule has 4 atom stereocenters. The summed E-state index contributed by atoms with van der Waals surface area (Å²) >= 11 is 6.35. The first-order chi connectivity index (χ1) is 9.99. The minimum absolute atomic E-state index is 0.176. The fourth-order valence-electron chi connectivity index (χ4n) is 3.64. The number of imidazole rings is 1. The fraction of sp³-hybridized carbons (Fsp3) is 0.588. The van der Waals surface area contributed by atoms with Crippen molar-refractivity contribution in [1.29, 1.82) is 0 Å². The Morgan fingerprint density at radius 2 is 2.10 bits per heavy atom. The quantitative estimate of drug-likeness (QED) is 0.672. The van der Waals surface area contributed by atoms with Gasteiger partial charge in [-0.25, -0.2) is 9.37 Å². The number of fused-ring (bicyclic) bond motifs is 1. The van der Waals surface area contributed by atoms with Crippen LogP contribution in [0.3, 0.4) is 0 Å². The second kappa shape index (κ2) is 5.60. The van der Waals surface area contributed by atoms with Crippen molar-refractivity contribution in [2.45, 2.75) is 51.5 Å². The lowest BCUT2D eigenvalue weighted by atomic mass is 9.78. The molecule has 2 nitrogen and oxygen atoms in total. The predicted molar refractivity (Wildman–Crippen MR) is 85.2 cm³/mol. The van der Waals surface area contributed by atoms with Crippen LogP contribution in [-0.2, 0) is 0 Å². The Morgan fingerprint density at radius 3 is 2.81 bits per heavy atom. The highest BCUT2D eigenvalue weighted by molar-refractivity contribution is 6.20. The third-order valence-corrected chi connectivity index (χ3v) is 5.23. The molecule has 0 N–H and O–H groups in total.